The lowest BCUT2D eigenvalue weighted by atomic mass is 10.1. The number of rotatable bonds is 8. The number of para-hydroxylation sites is 1. The van der Waals surface area contributed by atoms with E-state index in [9.17, 15) is 4.79 Å². The fourth-order valence-corrected chi connectivity index (χ4v) is 3.96. The summed E-state index contributed by atoms with van der Waals surface area (Å²) in [5.74, 6) is 1.31. The Morgan fingerprint density at radius 2 is 1.97 bits per heavy atom. The molecule has 0 spiro atoms. The van der Waals surface area contributed by atoms with Crippen LogP contribution >= 0.6 is 0 Å². The number of carbonyl (C=O) groups excluding carboxylic acids is 1. The van der Waals surface area contributed by atoms with Crippen LogP contribution in [-0.2, 0) is 17.8 Å². The second-order valence-electron chi connectivity index (χ2n) is 7.84. The lowest BCUT2D eigenvalue weighted by Crippen LogP contribution is -2.45. The highest BCUT2D eigenvalue weighted by molar-refractivity contribution is 5.91. The first-order chi connectivity index (χ1) is 14.7. The van der Waals surface area contributed by atoms with Crippen molar-refractivity contribution < 1.29 is 18.7 Å². The maximum absolute atomic E-state index is 12.3. The van der Waals surface area contributed by atoms with Gasteiger partial charge >= 0.3 is 0 Å². The molecule has 1 aromatic heterocycles. The molecule has 8 nitrogen and oxygen atoms in total. The molecule has 4 rings (SSSR count). The zero-order valence-electron chi connectivity index (χ0n) is 17.5. The molecule has 0 aliphatic carbocycles. The van der Waals surface area contributed by atoms with Crippen molar-refractivity contribution in [3.05, 3.63) is 47.7 Å². The van der Waals surface area contributed by atoms with Crippen LogP contribution in [0.4, 0.5) is 0 Å². The lowest BCUT2D eigenvalue weighted by Gasteiger charge is -2.34. The van der Waals surface area contributed by atoms with E-state index in [1.165, 1.54) is 11.8 Å². The molecule has 3 heterocycles. The van der Waals surface area contributed by atoms with Crippen LogP contribution in [0.5, 0.6) is 5.75 Å². The summed E-state index contributed by atoms with van der Waals surface area (Å²) < 4.78 is 16.5. The number of hydrogen-bond acceptors (Lipinski definition) is 7. The van der Waals surface area contributed by atoms with Crippen LogP contribution in [0, 0.1) is 0 Å². The van der Waals surface area contributed by atoms with Gasteiger partial charge in [0.1, 0.15) is 12.0 Å². The van der Waals surface area contributed by atoms with Crippen molar-refractivity contribution >= 4 is 5.91 Å². The Labute approximate surface area is 177 Å². The molecule has 1 aromatic carbocycles. The van der Waals surface area contributed by atoms with E-state index in [-0.39, 0.29) is 12.0 Å². The van der Waals surface area contributed by atoms with Gasteiger partial charge in [-0.3, -0.25) is 14.6 Å². The first-order valence-corrected chi connectivity index (χ1v) is 10.6. The van der Waals surface area contributed by atoms with E-state index < -0.39 is 0 Å². The molecule has 8 heteroatoms. The predicted molar refractivity (Wildman–Crippen MR) is 111 cm³/mol. The summed E-state index contributed by atoms with van der Waals surface area (Å²) in [6.07, 6.45) is 3.61. The van der Waals surface area contributed by atoms with E-state index in [2.05, 4.69) is 26.2 Å². The number of hydrogen-bond donors (Lipinski definition) is 1. The van der Waals surface area contributed by atoms with Gasteiger partial charge in [-0.15, -0.1) is 0 Å². The molecule has 0 bridgehead atoms. The second-order valence-corrected chi connectivity index (χ2v) is 7.84. The molecule has 1 N–H and O–H groups in total. The van der Waals surface area contributed by atoms with Gasteiger partial charge in [0.25, 0.3) is 5.91 Å². The number of amides is 1. The van der Waals surface area contributed by atoms with E-state index in [1.54, 1.807) is 7.11 Å². The molecule has 2 fully saturated rings. The maximum Gasteiger partial charge on any atom is 0.273 e. The number of benzene rings is 1. The van der Waals surface area contributed by atoms with Crippen molar-refractivity contribution in [3.8, 4) is 5.75 Å². The largest absolute Gasteiger partial charge is 0.496 e. The van der Waals surface area contributed by atoms with Crippen LogP contribution in [-0.4, -0.2) is 73.2 Å². The van der Waals surface area contributed by atoms with E-state index in [0.29, 0.717) is 24.7 Å². The fourth-order valence-electron chi connectivity index (χ4n) is 3.96. The maximum atomic E-state index is 12.3. The normalized spacial score (nSPS) is 20.4. The molecule has 162 valence electrons. The lowest BCUT2D eigenvalue weighted by molar-refractivity contribution is 0.0853. The molecule has 2 aliphatic heterocycles. The standard InChI is InChI=1S/C22H30N4O4/c1-28-20-7-3-2-5-17(20)14-25-8-10-26(11-9-25)15-21-24-19(16-30-21)22(27)23-13-18-6-4-12-29-18/h2-3,5,7,16,18H,4,6,8-15H2,1H3,(H,23,27). The van der Waals surface area contributed by atoms with Crippen molar-refractivity contribution in [1.82, 2.24) is 20.1 Å². The topological polar surface area (TPSA) is 80.1 Å². The summed E-state index contributed by atoms with van der Waals surface area (Å²) in [6.45, 7) is 6.58. The highest BCUT2D eigenvalue weighted by atomic mass is 16.5. The molecule has 0 saturated carbocycles. The summed E-state index contributed by atoms with van der Waals surface area (Å²) in [4.78, 5) is 21.4. The van der Waals surface area contributed by atoms with Crippen LogP contribution in [0.1, 0.15) is 34.8 Å². The zero-order valence-corrected chi connectivity index (χ0v) is 17.5. The predicted octanol–water partition coefficient (Wildman–Crippen LogP) is 1.91. The van der Waals surface area contributed by atoms with Crippen LogP contribution < -0.4 is 10.1 Å². The Morgan fingerprint density at radius 1 is 1.20 bits per heavy atom. The molecule has 1 unspecified atom stereocenters. The smallest absolute Gasteiger partial charge is 0.273 e. The number of piperazine rings is 1. The molecule has 2 aliphatic rings. The van der Waals surface area contributed by atoms with Crippen molar-refractivity contribution in [1.29, 1.82) is 0 Å². The van der Waals surface area contributed by atoms with Gasteiger partial charge in [0.05, 0.1) is 19.8 Å². The number of nitrogens with zero attached hydrogens (tertiary/aromatic N) is 3. The first-order valence-electron chi connectivity index (χ1n) is 10.6. The number of oxazole rings is 1. The van der Waals surface area contributed by atoms with E-state index in [0.717, 1.165) is 57.9 Å². The first kappa shape index (κ1) is 20.8. The minimum absolute atomic E-state index is 0.118. The quantitative estimate of drug-likeness (QED) is 0.707. The molecular formula is C22H30N4O4. The molecule has 1 atom stereocenters. The van der Waals surface area contributed by atoms with Crippen molar-refractivity contribution in [2.45, 2.75) is 32.0 Å². The van der Waals surface area contributed by atoms with Crippen LogP contribution in [0.25, 0.3) is 0 Å². The monoisotopic (exact) mass is 414 g/mol. The fraction of sp³-hybridized carbons (Fsp3) is 0.545. The Balaban J connectivity index is 1.22. The third-order valence-electron chi connectivity index (χ3n) is 5.71. The number of methoxy groups -OCH3 is 1. The molecule has 30 heavy (non-hydrogen) atoms. The number of ether oxygens (including phenoxy) is 2. The highest BCUT2D eigenvalue weighted by Gasteiger charge is 2.21. The second kappa shape index (κ2) is 10.1. The highest BCUT2D eigenvalue weighted by Crippen LogP contribution is 2.20. The summed E-state index contributed by atoms with van der Waals surface area (Å²) in [7, 11) is 1.71. The summed E-state index contributed by atoms with van der Waals surface area (Å²) in [5.41, 5.74) is 1.54. The number of carbonyl (C=O) groups is 1. The van der Waals surface area contributed by atoms with Crippen molar-refractivity contribution in [2.24, 2.45) is 0 Å². The van der Waals surface area contributed by atoms with Crippen molar-refractivity contribution in [2.75, 3.05) is 46.4 Å². The van der Waals surface area contributed by atoms with Crippen LogP contribution in [0.15, 0.2) is 34.9 Å². The minimum atomic E-state index is -0.206. The van der Waals surface area contributed by atoms with Gasteiger partial charge < -0.3 is 19.2 Å². The average Bonchev–Trinajstić information content (AvgIpc) is 3.46. The summed E-state index contributed by atoms with van der Waals surface area (Å²) in [6, 6.07) is 8.16. The van der Waals surface area contributed by atoms with Gasteiger partial charge in [0, 0.05) is 51.4 Å². The zero-order chi connectivity index (χ0) is 20.8. The molecule has 0 radical (unpaired) electrons. The Bertz CT molecular complexity index is 826. The summed E-state index contributed by atoms with van der Waals surface area (Å²) >= 11 is 0. The third kappa shape index (κ3) is 5.38. The van der Waals surface area contributed by atoms with Gasteiger partial charge in [-0.2, -0.15) is 0 Å². The van der Waals surface area contributed by atoms with Crippen LogP contribution in [0.3, 0.4) is 0 Å². The average molecular weight is 415 g/mol. The molecule has 2 saturated heterocycles. The van der Waals surface area contributed by atoms with E-state index in [1.807, 2.05) is 18.2 Å². The number of aromatic nitrogens is 1. The molecular weight excluding hydrogens is 384 g/mol. The van der Waals surface area contributed by atoms with E-state index in [4.69, 9.17) is 13.9 Å². The van der Waals surface area contributed by atoms with Gasteiger partial charge in [-0.05, 0) is 18.9 Å². The van der Waals surface area contributed by atoms with Gasteiger partial charge in [-0.25, -0.2) is 4.98 Å². The third-order valence-corrected chi connectivity index (χ3v) is 5.71. The molecule has 1 amide bonds. The molecule has 2 aromatic rings. The van der Waals surface area contributed by atoms with Gasteiger partial charge in [0.2, 0.25) is 5.89 Å². The minimum Gasteiger partial charge on any atom is -0.496 e. The van der Waals surface area contributed by atoms with Gasteiger partial charge in [0.15, 0.2) is 5.69 Å². The SMILES string of the molecule is COc1ccccc1CN1CCN(Cc2nc(C(=O)NCC3CCCO3)co2)CC1. The van der Waals surface area contributed by atoms with Gasteiger partial charge in [-0.1, -0.05) is 18.2 Å². The van der Waals surface area contributed by atoms with Crippen molar-refractivity contribution in [3.63, 3.8) is 0 Å². The Hall–Kier alpha value is -2.42. The Kier molecular flexibility index (Phi) is 6.99. The Morgan fingerprint density at radius 3 is 2.70 bits per heavy atom. The van der Waals surface area contributed by atoms with E-state index >= 15 is 0 Å². The summed E-state index contributed by atoms with van der Waals surface area (Å²) in [5, 5.41) is 2.88. The number of nitrogens with one attached hydrogen (secondary N) is 1. The van der Waals surface area contributed by atoms with Crippen LogP contribution in [0.2, 0.25) is 0 Å².